The largest absolute Gasteiger partial charge is 0.471 e. The van der Waals surface area contributed by atoms with Crippen molar-refractivity contribution in [3.05, 3.63) is 65.2 Å². The lowest BCUT2D eigenvalue weighted by molar-refractivity contribution is -0.137. The zero-order chi connectivity index (χ0) is 22.9. The van der Waals surface area contributed by atoms with Gasteiger partial charge in [0.05, 0.1) is 23.1 Å². The fraction of sp³-hybridized carbons (Fsp3) is 0.250. The maximum atomic E-state index is 13.1. The van der Waals surface area contributed by atoms with Gasteiger partial charge in [-0.2, -0.15) is 28.2 Å². The Morgan fingerprint density at radius 3 is 2.56 bits per heavy atom. The fourth-order valence-corrected chi connectivity index (χ4v) is 2.99. The van der Waals surface area contributed by atoms with Crippen LogP contribution in [0, 0.1) is 13.8 Å². The highest BCUT2D eigenvalue weighted by Gasteiger charge is 2.30. The molecule has 0 atom stereocenters. The summed E-state index contributed by atoms with van der Waals surface area (Å²) in [5, 5.41) is 14.9. The van der Waals surface area contributed by atoms with Crippen molar-refractivity contribution in [1.82, 2.24) is 34.7 Å². The molecule has 9 nitrogen and oxygen atoms in total. The molecule has 4 aromatic rings. The lowest BCUT2D eigenvalue weighted by Crippen LogP contribution is -2.10. The molecule has 0 aliphatic carbocycles. The van der Waals surface area contributed by atoms with Gasteiger partial charge in [0.25, 0.3) is 5.95 Å². The molecule has 12 heteroatoms. The second-order valence-electron chi connectivity index (χ2n) is 7.07. The average molecular weight is 444 g/mol. The van der Waals surface area contributed by atoms with Crippen LogP contribution in [0.15, 0.2) is 42.6 Å². The van der Waals surface area contributed by atoms with E-state index in [1.54, 1.807) is 17.9 Å². The first-order valence-electron chi connectivity index (χ1n) is 9.52. The van der Waals surface area contributed by atoms with Crippen molar-refractivity contribution in [2.75, 3.05) is 5.32 Å². The molecule has 32 heavy (non-hydrogen) atoms. The number of halogens is 3. The molecule has 0 saturated carbocycles. The fourth-order valence-electron chi connectivity index (χ4n) is 2.99. The minimum Gasteiger partial charge on any atom is -0.471 e. The topological polar surface area (TPSA) is 95.6 Å². The van der Waals surface area contributed by atoms with Gasteiger partial charge in [0.1, 0.15) is 12.4 Å². The maximum Gasteiger partial charge on any atom is 0.416 e. The van der Waals surface area contributed by atoms with Crippen LogP contribution in [-0.2, 0) is 19.8 Å². The Kier molecular flexibility index (Phi) is 5.51. The third kappa shape index (κ3) is 4.68. The average Bonchev–Trinajstić information content (AvgIpc) is 3.29. The summed E-state index contributed by atoms with van der Waals surface area (Å²) < 4.78 is 48.1. The molecule has 0 bridgehead atoms. The van der Waals surface area contributed by atoms with E-state index in [0.717, 1.165) is 23.5 Å². The van der Waals surface area contributed by atoms with Crippen LogP contribution in [-0.4, -0.2) is 34.7 Å². The maximum absolute atomic E-state index is 13.1. The summed E-state index contributed by atoms with van der Waals surface area (Å²) in [6.07, 6.45) is -2.89. The molecule has 0 unspecified atom stereocenters. The van der Waals surface area contributed by atoms with E-state index in [-0.39, 0.29) is 29.9 Å². The molecule has 1 N–H and O–H groups in total. The van der Waals surface area contributed by atoms with Gasteiger partial charge >= 0.3 is 6.18 Å². The summed E-state index contributed by atoms with van der Waals surface area (Å²) in [6.45, 7) is 3.82. The smallest absolute Gasteiger partial charge is 0.416 e. The Morgan fingerprint density at radius 1 is 1.09 bits per heavy atom. The van der Waals surface area contributed by atoms with E-state index in [0.29, 0.717) is 5.69 Å². The normalized spacial score (nSPS) is 11.6. The number of aromatic nitrogens is 7. The lowest BCUT2D eigenvalue weighted by atomic mass is 10.2. The van der Waals surface area contributed by atoms with Gasteiger partial charge in [-0.05, 0) is 38.1 Å². The van der Waals surface area contributed by atoms with Crippen LogP contribution >= 0.6 is 0 Å². The number of ether oxygens (including phenoxy) is 1. The second kappa shape index (κ2) is 8.29. The summed E-state index contributed by atoms with van der Waals surface area (Å²) in [5.74, 6) is 0.670. The van der Waals surface area contributed by atoms with E-state index in [2.05, 4.69) is 30.7 Å². The summed E-state index contributed by atoms with van der Waals surface area (Å²) >= 11 is 0. The molecule has 0 spiro atoms. The zero-order valence-corrected chi connectivity index (χ0v) is 17.4. The SMILES string of the molecule is Cc1cc(C)n(-c2nc(Nc3cccc(C(F)(F)F)c3)cc(OCc3cnnn3C)n2)n1. The molecule has 0 aliphatic rings. The predicted molar refractivity (Wildman–Crippen MR) is 109 cm³/mol. The van der Waals surface area contributed by atoms with Crippen molar-refractivity contribution in [3.8, 4) is 11.8 Å². The molecule has 0 saturated heterocycles. The highest BCUT2D eigenvalue weighted by atomic mass is 19.4. The molecule has 0 amide bonds. The van der Waals surface area contributed by atoms with E-state index in [9.17, 15) is 13.2 Å². The summed E-state index contributed by atoms with van der Waals surface area (Å²) in [7, 11) is 1.73. The predicted octanol–water partition coefficient (Wildman–Crippen LogP) is 3.75. The summed E-state index contributed by atoms with van der Waals surface area (Å²) in [6, 6.07) is 8.20. The summed E-state index contributed by atoms with van der Waals surface area (Å²) in [5.41, 5.74) is 1.73. The molecule has 4 rings (SSSR count). The third-order valence-electron chi connectivity index (χ3n) is 4.53. The van der Waals surface area contributed by atoms with Crippen LogP contribution in [0.3, 0.4) is 0 Å². The van der Waals surface area contributed by atoms with Crippen LogP contribution in [0.5, 0.6) is 5.88 Å². The van der Waals surface area contributed by atoms with E-state index in [1.807, 2.05) is 19.9 Å². The highest BCUT2D eigenvalue weighted by Crippen LogP contribution is 2.31. The minimum atomic E-state index is -4.45. The minimum absolute atomic E-state index is 0.139. The molecular formula is C20H19F3N8O. The molecule has 0 radical (unpaired) electrons. The van der Waals surface area contributed by atoms with Gasteiger partial charge < -0.3 is 10.1 Å². The number of nitrogens with one attached hydrogen (secondary N) is 1. The molecule has 166 valence electrons. The zero-order valence-electron chi connectivity index (χ0n) is 17.4. The Hall–Kier alpha value is -3.96. The number of hydrogen-bond acceptors (Lipinski definition) is 7. The monoisotopic (exact) mass is 444 g/mol. The van der Waals surface area contributed by atoms with E-state index >= 15 is 0 Å². The molecule has 3 heterocycles. The Bertz CT molecular complexity index is 1250. The number of nitrogens with zero attached hydrogens (tertiary/aromatic N) is 7. The van der Waals surface area contributed by atoms with Crippen molar-refractivity contribution < 1.29 is 17.9 Å². The van der Waals surface area contributed by atoms with Gasteiger partial charge in [0.2, 0.25) is 5.88 Å². The number of hydrogen-bond donors (Lipinski definition) is 1. The number of aryl methyl sites for hydroxylation is 3. The van der Waals surface area contributed by atoms with Crippen molar-refractivity contribution in [2.24, 2.45) is 7.05 Å². The molecular weight excluding hydrogens is 425 g/mol. The van der Waals surface area contributed by atoms with E-state index in [1.165, 1.54) is 22.9 Å². The quantitative estimate of drug-likeness (QED) is 0.484. The first-order chi connectivity index (χ1) is 15.2. The number of alkyl halides is 3. The Morgan fingerprint density at radius 2 is 1.91 bits per heavy atom. The van der Waals surface area contributed by atoms with Crippen molar-refractivity contribution in [1.29, 1.82) is 0 Å². The Balaban J connectivity index is 1.68. The van der Waals surface area contributed by atoms with Crippen LogP contribution in [0.1, 0.15) is 22.6 Å². The first kappa shape index (κ1) is 21.3. The second-order valence-corrected chi connectivity index (χ2v) is 7.07. The Labute approximate surface area is 180 Å². The van der Waals surface area contributed by atoms with Crippen LogP contribution in [0.2, 0.25) is 0 Å². The van der Waals surface area contributed by atoms with E-state index < -0.39 is 11.7 Å². The van der Waals surface area contributed by atoms with Gasteiger partial charge in [-0.25, -0.2) is 9.36 Å². The number of rotatable bonds is 6. The molecule has 0 aliphatic heterocycles. The summed E-state index contributed by atoms with van der Waals surface area (Å²) in [4.78, 5) is 8.82. The van der Waals surface area contributed by atoms with Crippen LogP contribution < -0.4 is 10.1 Å². The van der Waals surface area contributed by atoms with Crippen LogP contribution in [0.25, 0.3) is 5.95 Å². The highest BCUT2D eigenvalue weighted by molar-refractivity contribution is 5.58. The van der Waals surface area contributed by atoms with Gasteiger partial charge in [-0.3, -0.25) is 0 Å². The third-order valence-corrected chi connectivity index (χ3v) is 4.53. The standard InChI is InChI=1S/C20H19F3N8O/c1-12-7-13(2)31(28-12)19-26-17(25-15-6-4-5-14(8-15)20(21,22)23)9-18(27-19)32-11-16-10-24-29-30(16)3/h4-10H,11H2,1-3H3,(H,25,26,27). The van der Waals surface area contributed by atoms with Crippen molar-refractivity contribution in [2.45, 2.75) is 26.6 Å². The molecule has 0 fully saturated rings. The molecule has 3 aromatic heterocycles. The number of anilines is 2. The molecule has 1 aromatic carbocycles. The number of benzene rings is 1. The first-order valence-corrected chi connectivity index (χ1v) is 9.52. The van der Waals surface area contributed by atoms with Gasteiger partial charge in [0, 0.05) is 24.5 Å². The van der Waals surface area contributed by atoms with Gasteiger partial charge in [-0.1, -0.05) is 11.3 Å². The van der Waals surface area contributed by atoms with Gasteiger partial charge in [0.15, 0.2) is 0 Å². The lowest BCUT2D eigenvalue weighted by Gasteiger charge is -2.13. The van der Waals surface area contributed by atoms with Crippen LogP contribution in [0.4, 0.5) is 24.7 Å². The van der Waals surface area contributed by atoms with Gasteiger partial charge in [-0.15, -0.1) is 5.10 Å². The van der Waals surface area contributed by atoms with Crippen molar-refractivity contribution in [3.63, 3.8) is 0 Å². The van der Waals surface area contributed by atoms with Crippen molar-refractivity contribution >= 4 is 11.5 Å². The van der Waals surface area contributed by atoms with E-state index in [4.69, 9.17) is 4.74 Å².